The van der Waals surface area contributed by atoms with E-state index >= 15 is 0 Å². The number of hydrogen-bond donors (Lipinski definition) is 1. The van der Waals surface area contributed by atoms with Crippen molar-refractivity contribution < 1.29 is 9.47 Å². The van der Waals surface area contributed by atoms with E-state index in [-0.39, 0.29) is 12.8 Å². The molecule has 0 aliphatic carbocycles. The predicted molar refractivity (Wildman–Crippen MR) is 86.0 cm³/mol. The molecular formula is C17H16N4O2. The first-order valence-electron chi connectivity index (χ1n) is 7.42. The number of rotatable bonds is 4. The summed E-state index contributed by atoms with van der Waals surface area (Å²) < 4.78 is 12.5. The first-order chi connectivity index (χ1) is 11.3. The van der Waals surface area contributed by atoms with E-state index in [1.165, 1.54) is 0 Å². The molecule has 1 atom stereocenters. The fourth-order valence-corrected chi connectivity index (χ4v) is 2.60. The summed E-state index contributed by atoms with van der Waals surface area (Å²) in [6.07, 6.45) is 3.50. The minimum absolute atomic E-state index is 0.138. The zero-order chi connectivity index (χ0) is 15.6. The highest BCUT2D eigenvalue weighted by Gasteiger charge is 2.14. The Kier molecular flexibility index (Phi) is 3.34. The SMILES string of the molecule is CC(Nc1ccc2c(c1)OCO2)c1cccc(-n2ccnn2)c1. The molecule has 1 aliphatic rings. The van der Waals surface area contributed by atoms with E-state index < -0.39 is 0 Å². The van der Waals surface area contributed by atoms with Crippen molar-refractivity contribution in [3.8, 4) is 17.2 Å². The number of aromatic nitrogens is 3. The highest BCUT2D eigenvalue weighted by molar-refractivity contribution is 5.56. The van der Waals surface area contributed by atoms with E-state index in [1.54, 1.807) is 10.9 Å². The molecule has 116 valence electrons. The lowest BCUT2D eigenvalue weighted by Gasteiger charge is -2.17. The minimum Gasteiger partial charge on any atom is -0.454 e. The van der Waals surface area contributed by atoms with Gasteiger partial charge in [0.1, 0.15) is 0 Å². The van der Waals surface area contributed by atoms with Gasteiger partial charge in [0.25, 0.3) is 0 Å². The van der Waals surface area contributed by atoms with Gasteiger partial charge in [-0.15, -0.1) is 5.10 Å². The summed E-state index contributed by atoms with van der Waals surface area (Å²) in [4.78, 5) is 0. The molecule has 2 heterocycles. The van der Waals surface area contributed by atoms with Crippen LogP contribution in [0.2, 0.25) is 0 Å². The van der Waals surface area contributed by atoms with Crippen LogP contribution in [0.1, 0.15) is 18.5 Å². The Hall–Kier alpha value is -3.02. The summed E-state index contributed by atoms with van der Waals surface area (Å²) in [5, 5.41) is 11.4. The van der Waals surface area contributed by atoms with Gasteiger partial charge in [0, 0.05) is 17.8 Å². The first kappa shape index (κ1) is 13.6. The molecule has 4 rings (SSSR count). The van der Waals surface area contributed by atoms with E-state index in [9.17, 15) is 0 Å². The predicted octanol–water partition coefficient (Wildman–Crippen LogP) is 3.17. The van der Waals surface area contributed by atoms with E-state index in [2.05, 4.69) is 34.7 Å². The topological polar surface area (TPSA) is 61.2 Å². The summed E-state index contributed by atoms with van der Waals surface area (Å²) in [7, 11) is 0. The van der Waals surface area contributed by atoms with Crippen molar-refractivity contribution in [1.82, 2.24) is 15.0 Å². The Bertz CT molecular complexity index is 817. The Morgan fingerprint density at radius 3 is 2.91 bits per heavy atom. The largest absolute Gasteiger partial charge is 0.454 e. The van der Waals surface area contributed by atoms with E-state index in [0.29, 0.717) is 0 Å². The third-order valence-corrected chi connectivity index (χ3v) is 3.81. The molecule has 0 amide bonds. The Labute approximate surface area is 133 Å². The molecular weight excluding hydrogens is 292 g/mol. The first-order valence-corrected chi connectivity index (χ1v) is 7.42. The lowest BCUT2D eigenvalue weighted by molar-refractivity contribution is 0.174. The molecule has 6 heteroatoms. The van der Waals surface area contributed by atoms with Crippen LogP contribution in [0.5, 0.6) is 11.5 Å². The Balaban J connectivity index is 1.55. The highest BCUT2D eigenvalue weighted by atomic mass is 16.7. The maximum Gasteiger partial charge on any atom is 0.231 e. The number of nitrogens with zero attached hydrogens (tertiary/aromatic N) is 3. The summed E-state index contributed by atoms with van der Waals surface area (Å²) in [6, 6.07) is 14.2. The van der Waals surface area contributed by atoms with Crippen molar-refractivity contribution in [2.45, 2.75) is 13.0 Å². The van der Waals surface area contributed by atoms with E-state index in [4.69, 9.17) is 9.47 Å². The Morgan fingerprint density at radius 2 is 2.04 bits per heavy atom. The van der Waals surface area contributed by atoms with Gasteiger partial charge in [0.15, 0.2) is 11.5 Å². The molecule has 1 aliphatic heterocycles. The molecule has 0 radical (unpaired) electrons. The number of anilines is 1. The van der Waals surface area contributed by atoms with Crippen molar-refractivity contribution in [2.75, 3.05) is 12.1 Å². The van der Waals surface area contributed by atoms with Crippen LogP contribution < -0.4 is 14.8 Å². The molecule has 2 aromatic carbocycles. The van der Waals surface area contributed by atoms with Gasteiger partial charge in [-0.2, -0.15) is 0 Å². The normalized spacial score (nSPS) is 13.8. The molecule has 0 saturated heterocycles. The van der Waals surface area contributed by atoms with Gasteiger partial charge in [0.05, 0.1) is 18.1 Å². The molecule has 1 aromatic heterocycles. The zero-order valence-corrected chi connectivity index (χ0v) is 12.6. The fraction of sp³-hybridized carbons (Fsp3) is 0.176. The van der Waals surface area contributed by atoms with Gasteiger partial charge in [-0.25, -0.2) is 4.68 Å². The van der Waals surface area contributed by atoms with Crippen LogP contribution in [0.3, 0.4) is 0 Å². The van der Waals surface area contributed by atoms with Crippen LogP contribution in [0.15, 0.2) is 54.9 Å². The fourth-order valence-electron chi connectivity index (χ4n) is 2.60. The van der Waals surface area contributed by atoms with Crippen molar-refractivity contribution in [1.29, 1.82) is 0 Å². The standard InChI is InChI=1S/C17H16N4O2/c1-12(19-14-5-6-16-17(10-14)23-11-22-16)13-3-2-4-15(9-13)21-8-7-18-20-21/h2-10,12,19H,11H2,1H3. The number of hydrogen-bond acceptors (Lipinski definition) is 5. The smallest absolute Gasteiger partial charge is 0.231 e. The summed E-state index contributed by atoms with van der Waals surface area (Å²) in [5.74, 6) is 1.56. The van der Waals surface area contributed by atoms with Crippen molar-refractivity contribution in [3.05, 3.63) is 60.4 Å². The number of nitrogens with one attached hydrogen (secondary N) is 1. The quantitative estimate of drug-likeness (QED) is 0.802. The lowest BCUT2D eigenvalue weighted by atomic mass is 10.1. The van der Waals surface area contributed by atoms with Crippen molar-refractivity contribution in [3.63, 3.8) is 0 Å². The van der Waals surface area contributed by atoms with Crippen molar-refractivity contribution >= 4 is 5.69 Å². The van der Waals surface area contributed by atoms with Crippen molar-refractivity contribution in [2.24, 2.45) is 0 Å². The van der Waals surface area contributed by atoms with Gasteiger partial charge in [-0.1, -0.05) is 17.3 Å². The van der Waals surface area contributed by atoms with Crippen LogP contribution in [-0.2, 0) is 0 Å². The van der Waals surface area contributed by atoms with Crippen LogP contribution in [0.4, 0.5) is 5.69 Å². The third kappa shape index (κ3) is 2.70. The molecule has 0 saturated carbocycles. The molecule has 0 bridgehead atoms. The third-order valence-electron chi connectivity index (χ3n) is 3.81. The second kappa shape index (κ2) is 5.64. The summed E-state index contributed by atoms with van der Waals surface area (Å²) in [5.41, 5.74) is 3.14. The van der Waals surface area contributed by atoms with Gasteiger partial charge < -0.3 is 14.8 Å². The molecule has 0 fully saturated rings. The minimum atomic E-state index is 0.138. The van der Waals surface area contributed by atoms with Gasteiger partial charge >= 0.3 is 0 Å². The second-order valence-corrected chi connectivity index (χ2v) is 5.38. The van der Waals surface area contributed by atoms with Crippen LogP contribution >= 0.6 is 0 Å². The molecule has 1 N–H and O–H groups in total. The van der Waals surface area contributed by atoms with Crippen LogP contribution in [-0.4, -0.2) is 21.8 Å². The van der Waals surface area contributed by atoms with Gasteiger partial charge in [0.2, 0.25) is 6.79 Å². The molecule has 6 nitrogen and oxygen atoms in total. The van der Waals surface area contributed by atoms with Crippen LogP contribution in [0.25, 0.3) is 5.69 Å². The molecule has 3 aromatic rings. The number of fused-ring (bicyclic) bond motifs is 1. The average molecular weight is 308 g/mol. The second-order valence-electron chi connectivity index (χ2n) is 5.38. The van der Waals surface area contributed by atoms with Gasteiger partial charge in [-0.05, 0) is 36.8 Å². The maximum atomic E-state index is 5.41. The van der Waals surface area contributed by atoms with Crippen LogP contribution in [0, 0.1) is 0 Å². The maximum absolute atomic E-state index is 5.41. The lowest BCUT2D eigenvalue weighted by Crippen LogP contribution is -2.07. The monoisotopic (exact) mass is 308 g/mol. The molecule has 0 spiro atoms. The van der Waals surface area contributed by atoms with E-state index in [1.807, 2.05) is 36.5 Å². The number of benzene rings is 2. The van der Waals surface area contributed by atoms with Gasteiger partial charge in [-0.3, -0.25) is 0 Å². The highest BCUT2D eigenvalue weighted by Crippen LogP contribution is 2.35. The average Bonchev–Trinajstić information content (AvgIpc) is 3.26. The molecule has 23 heavy (non-hydrogen) atoms. The summed E-state index contributed by atoms with van der Waals surface area (Å²) in [6.45, 7) is 2.40. The molecule has 1 unspecified atom stereocenters. The Morgan fingerprint density at radius 1 is 1.13 bits per heavy atom. The zero-order valence-electron chi connectivity index (χ0n) is 12.6. The van der Waals surface area contributed by atoms with E-state index in [0.717, 1.165) is 28.4 Å². The summed E-state index contributed by atoms with van der Waals surface area (Å²) >= 11 is 0. The number of ether oxygens (including phenoxy) is 2.